The minimum Gasteiger partial charge on any atom is -0.484 e. The molecule has 0 atom stereocenters. The first-order valence-corrected chi connectivity index (χ1v) is 8.18. The number of pyridine rings is 1. The van der Waals surface area contributed by atoms with Gasteiger partial charge in [0.15, 0.2) is 6.61 Å². The van der Waals surface area contributed by atoms with Gasteiger partial charge in [0, 0.05) is 30.7 Å². The molecule has 2 aromatic heterocycles. The Morgan fingerprint density at radius 2 is 1.96 bits per heavy atom. The van der Waals surface area contributed by atoms with Gasteiger partial charge in [-0.05, 0) is 24.3 Å². The molecule has 8 nitrogen and oxygen atoms in total. The molecule has 0 unspecified atom stereocenters. The van der Waals surface area contributed by atoms with Crippen LogP contribution in [0.25, 0.3) is 11.0 Å². The Kier molecular flexibility index (Phi) is 6.01. The third-order valence-corrected chi connectivity index (χ3v) is 3.52. The van der Waals surface area contributed by atoms with Gasteiger partial charge in [0.05, 0.1) is 18.5 Å². The van der Waals surface area contributed by atoms with E-state index in [4.69, 9.17) is 18.6 Å². The lowest BCUT2D eigenvalue weighted by atomic mass is 10.2. The van der Waals surface area contributed by atoms with E-state index in [2.05, 4.69) is 10.3 Å². The van der Waals surface area contributed by atoms with Crippen LogP contribution in [-0.4, -0.2) is 37.8 Å². The molecule has 0 spiro atoms. The highest BCUT2D eigenvalue weighted by Gasteiger charge is 2.06. The molecule has 3 aromatic rings. The number of methoxy groups -OCH3 is 1. The molecular formula is C19H18N2O6. The predicted molar refractivity (Wildman–Crippen MR) is 98.2 cm³/mol. The zero-order chi connectivity index (χ0) is 19.1. The number of nitrogens with zero attached hydrogens (tertiary/aromatic N) is 1. The number of aromatic nitrogens is 1. The summed E-state index contributed by atoms with van der Waals surface area (Å²) >= 11 is 0. The molecule has 0 saturated heterocycles. The number of carbonyl (C=O) groups is 1. The van der Waals surface area contributed by atoms with Crippen LogP contribution in [0.5, 0.6) is 11.6 Å². The average molecular weight is 370 g/mol. The molecule has 0 aliphatic rings. The normalized spacial score (nSPS) is 10.6. The number of anilines is 1. The third kappa shape index (κ3) is 5.29. The van der Waals surface area contributed by atoms with E-state index >= 15 is 0 Å². The molecule has 1 N–H and O–H groups in total. The molecule has 1 aromatic carbocycles. The van der Waals surface area contributed by atoms with Crippen LogP contribution in [0.15, 0.2) is 57.9 Å². The molecular weight excluding hydrogens is 352 g/mol. The second-order valence-electron chi connectivity index (χ2n) is 5.52. The summed E-state index contributed by atoms with van der Waals surface area (Å²) in [5, 5.41) is 3.44. The summed E-state index contributed by atoms with van der Waals surface area (Å²) in [6, 6.07) is 11.3. The van der Waals surface area contributed by atoms with E-state index in [0.29, 0.717) is 36.1 Å². The number of amides is 1. The summed E-state index contributed by atoms with van der Waals surface area (Å²) in [6.07, 6.45) is 1.49. The fourth-order valence-electron chi connectivity index (χ4n) is 2.25. The lowest BCUT2D eigenvalue weighted by Gasteiger charge is -2.09. The maximum atomic E-state index is 12.0. The van der Waals surface area contributed by atoms with Crippen molar-refractivity contribution in [1.82, 2.24) is 4.98 Å². The highest BCUT2D eigenvalue weighted by molar-refractivity contribution is 5.91. The molecule has 2 heterocycles. The first kappa shape index (κ1) is 18.4. The van der Waals surface area contributed by atoms with Crippen LogP contribution < -0.4 is 20.4 Å². The zero-order valence-electron chi connectivity index (χ0n) is 14.6. The average Bonchev–Trinajstić information content (AvgIpc) is 2.67. The number of benzene rings is 1. The van der Waals surface area contributed by atoms with Gasteiger partial charge in [-0.25, -0.2) is 9.78 Å². The van der Waals surface area contributed by atoms with Gasteiger partial charge < -0.3 is 23.9 Å². The van der Waals surface area contributed by atoms with Crippen molar-refractivity contribution in [1.29, 1.82) is 0 Å². The molecule has 0 bridgehead atoms. The molecule has 0 saturated carbocycles. The van der Waals surface area contributed by atoms with E-state index in [1.54, 1.807) is 43.5 Å². The van der Waals surface area contributed by atoms with Gasteiger partial charge in [-0.1, -0.05) is 0 Å². The number of ether oxygens (including phenoxy) is 3. The first-order valence-electron chi connectivity index (χ1n) is 8.18. The predicted octanol–water partition coefficient (Wildman–Crippen LogP) is 2.23. The lowest BCUT2D eigenvalue weighted by Crippen LogP contribution is -2.20. The zero-order valence-corrected chi connectivity index (χ0v) is 14.6. The highest BCUT2D eigenvalue weighted by atomic mass is 16.5. The minimum absolute atomic E-state index is 0.200. The number of hydrogen-bond acceptors (Lipinski definition) is 7. The van der Waals surface area contributed by atoms with Crippen molar-refractivity contribution in [3.8, 4) is 11.6 Å². The maximum Gasteiger partial charge on any atom is 0.336 e. The molecule has 1 amide bonds. The van der Waals surface area contributed by atoms with E-state index in [-0.39, 0.29) is 12.5 Å². The highest BCUT2D eigenvalue weighted by Crippen LogP contribution is 2.19. The standard InChI is InChI=1S/C19H18N2O6/c1-24-8-9-25-18-6-4-14(11-20-18)21-17(22)12-26-15-5-2-13-3-7-19(23)27-16(13)10-15/h2-7,10-11H,8-9,12H2,1H3,(H,21,22). The van der Waals surface area contributed by atoms with E-state index in [1.807, 2.05) is 0 Å². The molecule has 140 valence electrons. The van der Waals surface area contributed by atoms with Gasteiger partial charge in [0.2, 0.25) is 5.88 Å². The molecule has 3 rings (SSSR count). The van der Waals surface area contributed by atoms with Gasteiger partial charge >= 0.3 is 5.63 Å². The van der Waals surface area contributed by atoms with Gasteiger partial charge in [0.1, 0.15) is 17.9 Å². The van der Waals surface area contributed by atoms with Crippen molar-refractivity contribution in [3.63, 3.8) is 0 Å². The number of hydrogen-bond donors (Lipinski definition) is 1. The van der Waals surface area contributed by atoms with Crippen molar-refractivity contribution in [3.05, 3.63) is 59.1 Å². The molecule has 0 aliphatic carbocycles. The van der Waals surface area contributed by atoms with Crippen LogP contribution in [0.3, 0.4) is 0 Å². The van der Waals surface area contributed by atoms with Crippen molar-refractivity contribution in [2.45, 2.75) is 0 Å². The topological polar surface area (TPSA) is 99.9 Å². The molecule has 0 radical (unpaired) electrons. The summed E-state index contributed by atoms with van der Waals surface area (Å²) in [6.45, 7) is 0.666. The fourth-order valence-corrected chi connectivity index (χ4v) is 2.25. The van der Waals surface area contributed by atoms with Crippen LogP contribution in [0.2, 0.25) is 0 Å². The van der Waals surface area contributed by atoms with E-state index in [1.165, 1.54) is 12.3 Å². The number of carbonyl (C=O) groups excluding carboxylic acids is 1. The summed E-state index contributed by atoms with van der Waals surface area (Å²) in [4.78, 5) is 27.4. The van der Waals surface area contributed by atoms with E-state index in [9.17, 15) is 9.59 Å². The Hall–Kier alpha value is -3.39. The molecule has 0 fully saturated rings. The van der Waals surface area contributed by atoms with Crippen LogP contribution >= 0.6 is 0 Å². The second kappa shape index (κ2) is 8.81. The van der Waals surface area contributed by atoms with E-state index < -0.39 is 5.63 Å². The number of nitrogens with one attached hydrogen (secondary N) is 1. The van der Waals surface area contributed by atoms with Crippen molar-refractivity contribution in [2.24, 2.45) is 0 Å². The van der Waals surface area contributed by atoms with Crippen molar-refractivity contribution < 1.29 is 23.4 Å². The maximum absolute atomic E-state index is 12.0. The molecule has 8 heteroatoms. The van der Waals surface area contributed by atoms with Crippen molar-refractivity contribution in [2.75, 3.05) is 32.2 Å². The summed E-state index contributed by atoms with van der Waals surface area (Å²) in [5.74, 6) is 0.519. The Balaban J connectivity index is 1.52. The minimum atomic E-state index is -0.445. The van der Waals surface area contributed by atoms with Crippen LogP contribution in [0.1, 0.15) is 0 Å². The Morgan fingerprint density at radius 3 is 2.74 bits per heavy atom. The number of rotatable bonds is 8. The quantitative estimate of drug-likeness (QED) is 0.479. The van der Waals surface area contributed by atoms with Gasteiger partial charge in [-0.15, -0.1) is 0 Å². The summed E-state index contributed by atoms with van der Waals surface area (Å²) in [7, 11) is 1.59. The second-order valence-corrected chi connectivity index (χ2v) is 5.52. The van der Waals surface area contributed by atoms with Crippen molar-refractivity contribution >= 4 is 22.6 Å². The first-order chi connectivity index (χ1) is 13.1. The largest absolute Gasteiger partial charge is 0.484 e. The Bertz CT molecular complexity index is 968. The van der Waals surface area contributed by atoms with Crippen LogP contribution in [-0.2, 0) is 9.53 Å². The lowest BCUT2D eigenvalue weighted by molar-refractivity contribution is -0.118. The summed E-state index contributed by atoms with van der Waals surface area (Å²) in [5.41, 5.74) is 0.473. The Labute approximate surface area is 154 Å². The smallest absolute Gasteiger partial charge is 0.336 e. The fraction of sp³-hybridized carbons (Fsp3) is 0.211. The van der Waals surface area contributed by atoms with Gasteiger partial charge in [-0.2, -0.15) is 0 Å². The third-order valence-electron chi connectivity index (χ3n) is 3.52. The van der Waals surface area contributed by atoms with Crippen LogP contribution in [0.4, 0.5) is 5.69 Å². The monoisotopic (exact) mass is 370 g/mol. The van der Waals surface area contributed by atoms with Crippen LogP contribution in [0, 0.1) is 0 Å². The summed E-state index contributed by atoms with van der Waals surface area (Å²) < 4.78 is 20.8. The Morgan fingerprint density at radius 1 is 1.11 bits per heavy atom. The van der Waals surface area contributed by atoms with E-state index in [0.717, 1.165) is 5.39 Å². The van der Waals surface area contributed by atoms with Gasteiger partial charge in [0.25, 0.3) is 5.91 Å². The number of fused-ring (bicyclic) bond motifs is 1. The molecule has 27 heavy (non-hydrogen) atoms. The van der Waals surface area contributed by atoms with Gasteiger partial charge in [-0.3, -0.25) is 4.79 Å². The SMILES string of the molecule is COCCOc1ccc(NC(=O)COc2ccc3ccc(=O)oc3c2)cn1. The molecule has 0 aliphatic heterocycles.